The molecule has 0 saturated carbocycles. The summed E-state index contributed by atoms with van der Waals surface area (Å²) in [6.07, 6.45) is 1.60. The largest absolute Gasteiger partial charge is 0.439 e. The number of hydrogen-bond donors (Lipinski definition) is 1. The van der Waals surface area contributed by atoms with Gasteiger partial charge in [0.05, 0.1) is 5.75 Å². The van der Waals surface area contributed by atoms with Gasteiger partial charge in [-0.3, -0.25) is 0 Å². The SMILES string of the molecule is CCS(=O)(=O)NCc1ccnc(Oc2ccc(C)c(C)c2)c1. The Morgan fingerprint density at radius 3 is 2.59 bits per heavy atom. The van der Waals surface area contributed by atoms with Crippen molar-refractivity contribution >= 4 is 10.0 Å². The molecule has 0 atom stereocenters. The normalized spacial score (nSPS) is 11.4. The Morgan fingerprint density at radius 2 is 1.91 bits per heavy atom. The summed E-state index contributed by atoms with van der Waals surface area (Å²) in [6, 6.07) is 9.31. The van der Waals surface area contributed by atoms with Crippen molar-refractivity contribution in [3.63, 3.8) is 0 Å². The van der Waals surface area contributed by atoms with Gasteiger partial charge in [-0.2, -0.15) is 0 Å². The van der Waals surface area contributed by atoms with Crippen molar-refractivity contribution in [3.8, 4) is 11.6 Å². The van der Waals surface area contributed by atoms with Crippen molar-refractivity contribution in [1.29, 1.82) is 0 Å². The van der Waals surface area contributed by atoms with Gasteiger partial charge in [0, 0.05) is 18.8 Å². The number of nitrogens with zero attached hydrogens (tertiary/aromatic N) is 1. The van der Waals surface area contributed by atoms with E-state index in [0.29, 0.717) is 11.6 Å². The molecule has 0 amide bonds. The van der Waals surface area contributed by atoms with Crippen molar-refractivity contribution in [3.05, 3.63) is 53.2 Å². The lowest BCUT2D eigenvalue weighted by Gasteiger charge is -2.09. The number of benzene rings is 1. The predicted molar refractivity (Wildman–Crippen MR) is 86.5 cm³/mol. The number of aryl methyl sites for hydroxylation is 2. The van der Waals surface area contributed by atoms with Gasteiger partial charge in [-0.15, -0.1) is 0 Å². The Balaban J connectivity index is 2.09. The van der Waals surface area contributed by atoms with Crippen LogP contribution < -0.4 is 9.46 Å². The Hall–Kier alpha value is -1.92. The summed E-state index contributed by atoms with van der Waals surface area (Å²) in [7, 11) is -3.21. The first kappa shape index (κ1) is 16.5. The minimum absolute atomic E-state index is 0.0596. The number of pyridine rings is 1. The fourth-order valence-electron chi connectivity index (χ4n) is 1.81. The Morgan fingerprint density at radius 1 is 1.14 bits per heavy atom. The number of ether oxygens (including phenoxy) is 1. The topological polar surface area (TPSA) is 68.3 Å². The summed E-state index contributed by atoms with van der Waals surface area (Å²) < 4.78 is 31.2. The van der Waals surface area contributed by atoms with Crippen LogP contribution >= 0.6 is 0 Å². The maximum absolute atomic E-state index is 11.5. The van der Waals surface area contributed by atoms with E-state index in [1.807, 2.05) is 32.0 Å². The van der Waals surface area contributed by atoms with Crippen molar-refractivity contribution in [2.45, 2.75) is 27.3 Å². The summed E-state index contributed by atoms with van der Waals surface area (Å²) in [6.45, 7) is 5.88. The average molecular weight is 320 g/mol. The quantitative estimate of drug-likeness (QED) is 0.888. The number of nitrogens with one attached hydrogen (secondary N) is 1. The van der Waals surface area contributed by atoms with Crippen molar-refractivity contribution in [2.24, 2.45) is 0 Å². The molecule has 1 aromatic carbocycles. The van der Waals surface area contributed by atoms with Crippen molar-refractivity contribution in [2.75, 3.05) is 5.75 Å². The second kappa shape index (κ2) is 6.89. The first-order valence-corrected chi connectivity index (χ1v) is 8.72. The van der Waals surface area contributed by atoms with Crippen molar-refractivity contribution < 1.29 is 13.2 Å². The summed E-state index contributed by atoms with van der Waals surface area (Å²) in [5, 5.41) is 0. The van der Waals surface area contributed by atoms with Gasteiger partial charge in [0.25, 0.3) is 0 Å². The van der Waals surface area contributed by atoms with E-state index >= 15 is 0 Å². The van der Waals surface area contributed by atoms with Gasteiger partial charge >= 0.3 is 0 Å². The second-order valence-electron chi connectivity index (χ2n) is 5.07. The molecule has 0 aliphatic carbocycles. The lowest BCUT2D eigenvalue weighted by molar-refractivity contribution is 0.461. The zero-order valence-electron chi connectivity index (χ0n) is 13.0. The molecule has 1 aromatic heterocycles. The van der Waals surface area contributed by atoms with Gasteiger partial charge < -0.3 is 4.74 Å². The highest BCUT2D eigenvalue weighted by Crippen LogP contribution is 2.22. The van der Waals surface area contributed by atoms with Crippen LogP contribution in [-0.4, -0.2) is 19.2 Å². The molecule has 0 bridgehead atoms. The summed E-state index contributed by atoms with van der Waals surface area (Å²) >= 11 is 0. The lowest BCUT2D eigenvalue weighted by Crippen LogP contribution is -2.24. The van der Waals surface area contributed by atoms with Crippen LogP contribution in [0.15, 0.2) is 36.5 Å². The first-order chi connectivity index (χ1) is 10.4. The number of aromatic nitrogens is 1. The van der Waals surface area contributed by atoms with E-state index in [4.69, 9.17) is 4.74 Å². The van der Waals surface area contributed by atoms with Crippen LogP contribution in [-0.2, 0) is 16.6 Å². The van der Waals surface area contributed by atoms with Crippen LogP contribution in [0.5, 0.6) is 11.6 Å². The maximum Gasteiger partial charge on any atom is 0.219 e. The molecular weight excluding hydrogens is 300 g/mol. The third-order valence-electron chi connectivity index (χ3n) is 3.38. The molecule has 5 nitrogen and oxygen atoms in total. The smallest absolute Gasteiger partial charge is 0.219 e. The lowest BCUT2D eigenvalue weighted by atomic mass is 10.1. The second-order valence-corrected chi connectivity index (χ2v) is 7.17. The van der Waals surface area contributed by atoms with E-state index < -0.39 is 10.0 Å². The standard InChI is InChI=1S/C16H20N2O3S/c1-4-22(19,20)18-11-14-7-8-17-16(10-14)21-15-6-5-12(2)13(3)9-15/h5-10,18H,4,11H2,1-3H3. The van der Waals surface area contributed by atoms with Crippen LogP contribution in [0, 0.1) is 13.8 Å². The highest BCUT2D eigenvalue weighted by molar-refractivity contribution is 7.89. The molecule has 118 valence electrons. The maximum atomic E-state index is 11.5. The van der Waals surface area contributed by atoms with E-state index in [9.17, 15) is 8.42 Å². The van der Waals surface area contributed by atoms with Gasteiger partial charge in [0.15, 0.2) is 0 Å². The molecule has 0 unspecified atom stereocenters. The highest BCUT2D eigenvalue weighted by Gasteiger charge is 2.07. The molecule has 0 aliphatic heterocycles. The van der Waals surface area contributed by atoms with Crippen LogP contribution in [0.25, 0.3) is 0 Å². The Labute approximate surface area is 131 Å². The molecule has 1 heterocycles. The molecule has 22 heavy (non-hydrogen) atoms. The zero-order chi connectivity index (χ0) is 16.2. The highest BCUT2D eigenvalue weighted by atomic mass is 32.2. The van der Waals surface area contributed by atoms with Gasteiger partial charge in [-0.1, -0.05) is 6.07 Å². The minimum Gasteiger partial charge on any atom is -0.439 e. The summed E-state index contributed by atoms with van der Waals surface area (Å²) in [4.78, 5) is 4.15. The number of hydrogen-bond acceptors (Lipinski definition) is 4. The molecule has 0 saturated heterocycles. The average Bonchev–Trinajstić information content (AvgIpc) is 2.50. The molecule has 1 N–H and O–H groups in total. The third kappa shape index (κ3) is 4.54. The summed E-state index contributed by atoms with van der Waals surface area (Å²) in [5.41, 5.74) is 3.14. The van der Waals surface area contributed by atoms with Crippen LogP contribution in [0.2, 0.25) is 0 Å². The molecule has 2 aromatic rings. The van der Waals surface area contributed by atoms with Crippen LogP contribution in [0.1, 0.15) is 23.6 Å². The van der Waals surface area contributed by atoms with Crippen LogP contribution in [0.4, 0.5) is 0 Å². The number of rotatable bonds is 6. The van der Waals surface area contributed by atoms with E-state index in [1.54, 1.807) is 25.3 Å². The van der Waals surface area contributed by atoms with Gasteiger partial charge in [0.2, 0.25) is 15.9 Å². The predicted octanol–water partition coefficient (Wildman–Crippen LogP) is 2.93. The Bertz CT molecular complexity index is 758. The van der Waals surface area contributed by atoms with Gasteiger partial charge in [0.1, 0.15) is 5.75 Å². The molecule has 0 radical (unpaired) electrons. The monoisotopic (exact) mass is 320 g/mol. The molecule has 2 rings (SSSR count). The molecule has 6 heteroatoms. The van der Waals surface area contributed by atoms with Gasteiger partial charge in [-0.05, 0) is 55.7 Å². The van der Waals surface area contributed by atoms with E-state index in [2.05, 4.69) is 9.71 Å². The van der Waals surface area contributed by atoms with E-state index in [0.717, 1.165) is 11.1 Å². The van der Waals surface area contributed by atoms with Crippen molar-refractivity contribution in [1.82, 2.24) is 9.71 Å². The minimum atomic E-state index is -3.21. The molecule has 0 aliphatic rings. The molecule has 0 fully saturated rings. The Kier molecular flexibility index (Phi) is 5.15. The number of sulfonamides is 1. The first-order valence-electron chi connectivity index (χ1n) is 7.07. The van der Waals surface area contributed by atoms with E-state index in [1.165, 1.54) is 5.56 Å². The summed E-state index contributed by atoms with van der Waals surface area (Å²) in [5.74, 6) is 1.21. The fraction of sp³-hybridized carbons (Fsp3) is 0.312. The zero-order valence-corrected chi connectivity index (χ0v) is 13.8. The fourth-order valence-corrected chi connectivity index (χ4v) is 2.40. The molecular formula is C16H20N2O3S. The van der Waals surface area contributed by atoms with E-state index in [-0.39, 0.29) is 12.3 Å². The third-order valence-corrected chi connectivity index (χ3v) is 4.72. The molecule has 0 spiro atoms. The van der Waals surface area contributed by atoms with Crippen LogP contribution in [0.3, 0.4) is 0 Å². The van der Waals surface area contributed by atoms with Gasteiger partial charge in [-0.25, -0.2) is 18.1 Å².